The van der Waals surface area contributed by atoms with E-state index in [1.807, 2.05) is 54.6 Å². The Morgan fingerprint density at radius 1 is 0.903 bits per heavy atom. The summed E-state index contributed by atoms with van der Waals surface area (Å²) in [6.45, 7) is 1.68. The maximum absolute atomic E-state index is 12.5. The van der Waals surface area contributed by atoms with Crippen LogP contribution < -0.4 is 14.8 Å². The summed E-state index contributed by atoms with van der Waals surface area (Å²) in [5.41, 5.74) is 2.27. The molecule has 0 bridgehead atoms. The van der Waals surface area contributed by atoms with Gasteiger partial charge in [-0.3, -0.25) is 4.79 Å². The van der Waals surface area contributed by atoms with Crippen molar-refractivity contribution in [1.29, 1.82) is 0 Å². The lowest BCUT2D eigenvalue weighted by atomic mass is 10.2. The zero-order valence-corrected chi connectivity index (χ0v) is 17.1. The molecule has 1 atom stereocenters. The molecule has 31 heavy (non-hydrogen) atoms. The van der Waals surface area contributed by atoms with E-state index >= 15 is 0 Å². The van der Waals surface area contributed by atoms with Crippen molar-refractivity contribution in [2.45, 2.75) is 13.0 Å². The Morgan fingerprint density at radius 2 is 1.58 bits per heavy atom. The molecule has 1 aromatic heterocycles. The van der Waals surface area contributed by atoms with Gasteiger partial charge < -0.3 is 19.3 Å². The Kier molecular flexibility index (Phi) is 5.93. The molecule has 1 amide bonds. The number of rotatable bonds is 7. The molecule has 0 saturated heterocycles. The second-order valence-corrected chi connectivity index (χ2v) is 6.77. The van der Waals surface area contributed by atoms with Gasteiger partial charge in [0.15, 0.2) is 17.6 Å². The predicted molar refractivity (Wildman–Crippen MR) is 117 cm³/mol. The third-order valence-electron chi connectivity index (χ3n) is 4.60. The van der Waals surface area contributed by atoms with Crippen molar-refractivity contribution in [2.75, 3.05) is 12.4 Å². The summed E-state index contributed by atoms with van der Waals surface area (Å²) in [6, 6.07) is 24.0. The zero-order chi connectivity index (χ0) is 21.6. The van der Waals surface area contributed by atoms with Crippen molar-refractivity contribution < 1.29 is 18.8 Å². The summed E-state index contributed by atoms with van der Waals surface area (Å²) in [5.74, 6) is 1.73. The number of nitrogens with zero attached hydrogens (tertiary/aromatic N) is 2. The normalized spacial score (nSPS) is 11.5. The standard InChI is InChI=1S/C24H21N3O4/c1-16(30-21-11-7-6-10-20(21)29-2)23(28)25-19-14-12-18(13-15-19)24-26-22(27-31-24)17-8-4-3-5-9-17/h3-16H,1-2H3,(H,25,28). The molecule has 7 heteroatoms. The lowest BCUT2D eigenvalue weighted by Gasteiger charge is -2.16. The Balaban J connectivity index is 1.40. The van der Waals surface area contributed by atoms with Crippen molar-refractivity contribution in [3.8, 4) is 34.3 Å². The van der Waals surface area contributed by atoms with Gasteiger partial charge in [0, 0.05) is 16.8 Å². The van der Waals surface area contributed by atoms with Crippen LogP contribution in [0.5, 0.6) is 11.5 Å². The van der Waals surface area contributed by atoms with E-state index in [9.17, 15) is 4.79 Å². The van der Waals surface area contributed by atoms with Crippen molar-refractivity contribution in [1.82, 2.24) is 10.1 Å². The van der Waals surface area contributed by atoms with Gasteiger partial charge in [-0.1, -0.05) is 47.6 Å². The zero-order valence-electron chi connectivity index (χ0n) is 17.1. The summed E-state index contributed by atoms with van der Waals surface area (Å²) >= 11 is 0. The second-order valence-electron chi connectivity index (χ2n) is 6.77. The van der Waals surface area contributed by atoms with Gasteiger partial charge in [0.2, 0.25) is 5.82 Å². The Labute approximate surface area is 179 Å². The number of hydrogen-bond donors (Lipinski definition) is 1. The topological polar surface area (TPSA) is 86.5 Å². The minimum absolute atomic E-state index is 0.275. The number of carbonyl (C=O) groups is 1. The summed E-state index contributed by atoms with van der Waals surface area (Å²) in [6.07, 6.45) is -0.708. The number of hydrogen-bond acceptors (Lipinski definition) is 6. The van der Waals surface area contributed by atoms with Gasteiger partial charge in [0.1, 0.15) is 0 Å². The molecular formula is C24H21N3O4. The van der Waals surface area contributed by atoms with Crippen molar-refractivity contribution in [2.24, 2.45) is 0 Å². The van der Waals surface area contributed by atoms with Crippen LogP contribution in [0.1, 0.15) is 6.92 Å². The summed E-state index contributed by atoms with van der Waals surface area (Å²) in [7, 11) is 1.56. The number of aromatic nitrogens is 2. The molecule has 3 aromatic carbocycles. The molecule has 0 aliphatic heterocycles. The molecule has 0 spiro atoms. The predicted octanol–water partition coefficient (Wildman–Crippen LogP) is 4.82. The van der Waals surface area contributed by atoms with E-state index in [0.29, 0.717) is 28.9 Å². The first-order valence-corrected chi connectivity index (χ1v) is 9.74. The average Bonchev–Trinajstić information content (AvgIpc) is 3.31. The largest absolute Gasteiger partial charge is 0.493 e. The van der Waals surface area contributed by atoms with Crippen LogP contribution in [0.2, 0.25) is 0 Å². The molecule has 0 aliphatic carbocycles. The molecule has 4 rings (SSSR count). The van der Waals surface area contributed by atoms with E-state index < -0.39 is 6.10 Å². The summed E-state index contributed by atoms with van der Waals surface area (Å²) < 4.78 is 16.4. The highest BCUT2D eigenvalue weighted by Crippen LogP contribution is 2.27. The van der Waals surface area contributed by atoms with Crippen LogP contribution >= 0.6 is 0 Å². The Bertz CT molecular complexity index is 1160. The molecule has 4 aromatic rings. The number of ether oxygens (including phenoxy) is 2. The third-order valence-corrected chi connectivity index (χ3v) is 4.60. The molecule has 1 unspecified atom stereocenters. The van der Waals surface area contributed by atoms with E-state index in [4.69, 9.17) is 14.0 Å². The summed E-state index contributed by atoms with van der Waals surface area (Å²) in [5, 5.41) is 6.87. The van der Waals surface area contributed by atoms with Crippen LogP contribution in [-0.4, -0.2) is 29.3 Å². The number of anilines is 1. The van der Waals surface area contributed by atoms with Crippen LogP contribution in [0.25, 0.3) is 22.8 Å². The fourth-order valence-electron chi connectivity index (χ4n) is 2.95. The number of nitrogens with one attached hydrogen (secondary N) is 1. The first kappa shape index (κ1) is 20.2. The smallest absolute Gasteiger partial charge is 0.265 e. The molecule has 1 N–H and O–H groups in total. The van der Waals surface area contributed by atoms with Crippen molar-refractivity contribution in [3.05, 3.63) is 78.9 Å². The molecular weight excluding hydrogens is 394 g/mol. The SMILES string of the molecule is COc1ccccc1OC(C)C(=O)Nc1ccc(-c2nc(-c3ccccc3)no2)cc1. The van der Waals surface area contributed by atoms with Gasteiger partial charge in [-0.2, -0.15) is 4.98 Å². The van der Waals surface area contributed by atoms with Gasteiger partial charge in [0.25, 0.3) is 11.8 Å². The van der Waals surface area contributed by atoms with E-state index in [-0.39, 0.29) is 5.91 Å². The van der Waals surface area contributed by atoms with Gasteiger partial charge in [-0.05, 0) is 43.3 Å². The maximum atomic E-state index is 12.5. The fourth-order valence-corrected chi connectivity index (χ4v) is 2.95. The number of para-hydroxylation sites is 2. The van der Waals surface area contributed by atoms with E-state index in [2.05, 4.69) is 15.5 Å². The minimum Gasteiger partial charge on any atom is -0.493 e. The molecule has 1 heterocycles. The minimum atomic E-state index is -0.708. The first-order chi connectivity index (χ1) is 15.1. The number of amides is 1. The van der Waals surface area contributed by atoms with Crippen molar-refractivity contribution >= 4 is 11.6 Å². The van der Waals surface area contributed by atoms with Gasteiger partial charge >= 0.3 is 0 Å². The highest BCUT2D eigenvalue weighted by atomic mass is 16.5. The highest BCUT2D eigenvalue weighted by Gasteiger charge is 2.17. The number of benzene rings is 3. The van der Waals surface area contributed by atoms with Crippen LogP contribution in [-0.2, 0) is 4.79 Å². The molecule has 7 nitrogen and oxygen atoms in total. The van der Waals surface area contributed by atoms with E-state index in [1.165, 1.54) is 0 Å². The second kappa shape index (κ2) is 9.13. The molecule has 0 saturated carbocycles. The number of carbonyl (C=O) groups excluding carboxylic acids is 1. The Hall–Kier alpha value is -4.13. The maximum Gasteiger partial charge on any atom is 0.265 e. The monoisotopic (exact) mass is 415 g/mol. The van der Waals surface area contributed by atoms with Crippen LogP contribution in [0, 0.1) is 0 Å². The van der Waals surface area contributed by atoms with Gasteiger partial charge in [0.05, 0.1) is 7.11 Å². The van der Waals surface area contributed by atoms with Crippen molar-refractivity contribution in [3.63, 3.8) is 0 Å². The van der Waals surface area contributed by atoms with Gasteiger partial charge in [-0.15, -0.1) is 0 Å². The molecule has 0 fully saturated rings. The molecule has 0 radical (unpaired) electrons. The fraction of sp³-hybridized carbons (Fsp3) is 0.125. The van der Waals surface area contributed by atoms with Crippen LogP contribution in [0.15, 0.2) is 83.4 Å². The van der Waals surface area contributed by atoms with Crippen LogP contribution in [0.3, 0.4) is 0 Å². The Morgan fingerprint density at radius 3 is 2.29 bits per heavy atom. The number of methoxy groups -OCH3 is 1. The quantitative estimate of drug-likeness (QED) is 0.466. The highest BCUT2D eigenvalue weighted by molar-refractivity contribution is 5.94. The van der Waals surface area contributed by atoms with Crippen LogP contribution in [0.4, 0.5) is 5.69 Å². The average molecular weight is 415 g/mol. The first-order valence-electron chi connectivity index (χ1n) is 9.74. The third kappa shape index (κ3) is 4.72. The summed E-state index contributed by atoms with van der Waals surface area (Å²) in [4.78, 5) is 16.9. The lowest BCUT2D eigenvalue weighted by Crippen LogP contribution is -2.30. The van der Waals surface area contributed by atoms with E-state index in [0.717, 1.165) is 11.1 Å². The molecule has 0 aliphatic rings. The van der Waals surface area contributed by atoms with Gasteiger partial charge in [-0.25, -0.2) is 0 Å². The van der Waals surface area contributed by atoms with E-state index in [1.54, 1.807) is 38.3 Å². The molecule has 156 valence electrons. The lowest BCUT2D eigenvalue weighted by molar-refractivity contribution is -0.122.